The third-order valence-electron chi connectivity index (χ3n) is 2.98. The van der Waals surface area contributed by atoms with Crippen LogP contribution in [0.4, 0.5) is 5.95 Å². The Bertz CT molecular complexity index is 726. The average molecular weight is 303 g/mol. The number of esters is 1. The lowest BCUT2D eigenvalue weighted by Crippen LogP contribution is -2.27. The second-order valence-electron chi connectivity index (χ2n) is 4.51. The van der Waals surface area contributed by atoms with Gasteiger partial charge in [-0.05, 0) is 12.5 Å². The van der Waals surface area contributed by atoms with E-state index in [9.17, 15) is 9.59 Å². The summed E-state index contributed by atoms with van der Waals surface area (Å²) in [7, 11) is 1.45. The van der Waals surface area contributed by atoms with Crippen molar-refractivity contribution in [1.82, 2.24) is 9.55 Å². The van der Waals surface area contributed by atoms with Crippen molar-refractivity contribution in [2.24, 2.45) is 7.05 Å². The SMILES string of the molecule is CCOC(=O)c1nc(N)n(C)c(=O)c1OCc1ccccc1. The Kier molecular flexibility index (Phi) is 4.77. The van der Waals surface area contributed by atoms with Gasteiger partial charge in [0.15, 0.2) is 5.69 Å². The minimum absolute atomic E-state index is 0.0832. The summed E-state index contributed by atoms with van der Waals surface area (Å²) >= 11 is 0. The number of ether oxygens (including phenoxy) is 2. The predicted molar refractivity (Wildman–Crippen MR) is 80.6 cm³/mol. The van der Waals surface area contributed by atoms with E-state index in [4.69, 9.17) is 15.2 Å². The van der Waals surface area contributed by atoms with Crippen LogP contribution >= 0.6 is 0 Å². The van der Waals surface area contributed by atoms with Crippen LogP contribution in [0.2, 0.25) is 0 Å². The molecule has 0 spiro atoms. The maximum atomic E-state index is 12.3. The zero-order valence-corrected chi connectivity index (χ0v) is 12.4. The maximum absolute atomic E-state index is 12.3. The van der Waals surface area contributed by atoms with Crippen molar-refractivity contribution < 1.29 is 14.3 Å². The highest BCUT2D eigenvalue weighted by molar-refractivity contribution is 5.90. The van der Waals surface area contributed by atoms with E-state index in [1.165, 1.54) is 7.05 Å². The first-order chi connectivity index (χ1) is 10.5. The van der Waals surface area contributed by atoms with Crippen molar-refractivity contribution in [1.29, 1.82) is 0 Å². The van der Waals surface area contributed by atoms with Crippen LogP contribution in [-0.2, 0) is 18.4 Å². The smallest absolute Gasteiger partial charge is 0.361 e. The first-order valence-corrected chi connectivity index (χ1v) is 6.75. The van der Waals surface area contributed by atoms with Crippen molar-refractivity contribution in [3.8, 4) is 5.75 Å². The van der Waals surface area contributed by atoms with E-state index >= 15 is 0 Å². The molecule has 0 atom stereocenters. The number of carbonyl (C=O) groups excluding carboxylic acids is 1. The summed E-state index contributed by atoms with van der Waals surface area (Å²) in [6.45, 7) is 1.95. The molecule has 0 radical (unpaired) electrons. The summed E-state index contributed by atoms with van der Waals surface area (Å²) in [5.41, 5.74) is 5.73. The van der Waals surface area contributed by atoms with Crippen molar-refractivity contribution in [2.45, 2.75) is 13.5 Å². The zero-order valence-electron chi connectivity index (χ0n) is 12.4. The number of aromatic nitrogens is 2. The van der Waals surface area contributed by atoms with Gasteiger partial charge in [0.2, 0.25) is 11.7 Å². The molecule has 2 aromatic rings. The fraction of sp³-hybridized carbons (Fsp3) is 0.267. The molecule has 0 fully saturated rings. The number of nitrogens with two attached hydrogens (primary N) is 1. The summed E-state index contributed by atoms with van der Waals surface area (Å²) in [4.78, 5) is 28.1. The summed E-state index contributed by atoms with van der Waals surface area (Å²) in [6.07, 6.45) is 0. The number of carbonyl (C=O) groups is 1. The monoisotopic (exact) mass is 303 g/mol. The van der Waals surface area contributed by atoms with E-state index in [0.717, 1.165) is 10.1 Å². The van der Waals surface area contributed by atoms with Gasteiger partial charge in [0.05, 0.1) is 6.61 Å². The Hall–Kier alpha value is -2.83. The molecule has 1 aromatic carbocycles. The van der Waals surface area contributed by atoms with Gasteiger partial charge >= 0.3 is 5.97 Å². The Morgan fingerprint density at radius 2 is 2.00 bits per heavy atom. The molecule has 0 unspecified atom stereocenters. The van der Waals surface area contributed by atoms with Gasteiger partial charge in [-0.3, -0.25) is 9.36 Å². The lowest BCUT2D eigenvalue weighted by molar-refractivity contribution is 0.0513. The van der Waals surface area contributed by atoms with Crippen LogP contribution in [-0.4, -0.2) is 22.1 Å². The minimum Gasteiger partial charge on any atom is -0.481 e. The van der Waals surface area contributed by atoms with E-state index in [1.54, 1.807) is 6.92 Å². The van der Waals surface area contributed by atoms with E-state index in [0.29, 0.717) is 0 Å². The standard InChI is InChI=1S/C15H17N3O4/c1-3-21-14(20)11-12(13(19)18(2)15(16)17-11)22-9-10-7-5-4-6-8-10/h4-8H,3,9H2,1-2H3,(H2,16,17). The molecule has 0 saturated carbocycles. The van der Waals surface area contributed by atoms with Crippen molar-refractivity contribution in [3.05, 3.63) is 51.9 Å². The summed E-state index contributed by atoms with van der Waals surface area (Å²) in [6, 6.07) is 9.27. The molecule has 0 saturated heterocycles. The van der Waals surface area contributed by atoms with E-state index in [1.807, 2.05) is 30.3 Å². The van der Waals surface area contributed by atoms with Crippen LogP contribution in [0.15, 0.2) is 35.1 Å². The molecule has 1 heterocycles. The number of benzene rings is 1. The molecule has 1 aromatic heterocycles. The number of rotatable bonds is 5. The zero-order chi connectivity index (χ0) is 16.1. The second-order valence-corrected chi connectivity index (χ2v) is 4.51. The van der Waals surface area contributed by atoms with E-state index in [-0.39, 0.29) is 30.6 Å². The maximum Gasteiger partial charge on any atom is 0.361 e. The van der Waals surface area contributed by atoms with E-state index < -0.39 is 11.5 Å². The minimum atomic E-state index is -0.741. The molecule has 2 rings (SSSR count). The highest BCUT2D eigenvalue weighted by Gasteiger charge is 2.22. The van der Waals surface area contributed by atoms with Crippen LogP contribution in [0, 0.1) is 0 Å². The summed E-state index contributed by atoms with van der Waals surface area (Å²) in [5.74, 6) is -0.992. The number of hydrogen-bond donors (Lipinski definition) is 1. The second kappa shape index (κ2) is 6.75. The van der Waals surface area contributed by atoms with Crippen LogP contribution < -0.4 is 16.0 Å². The molecule has 0 aliphatic rings. The molecular weight excluding hydrogens is 286 g/mol. The van der Waals surface area contributed by atoms with Crippen LogP contribution in [0.25, 0.3) is 0 Å². The van der Waals surface area contributed by atoms with Gasteiger partial charge in [-0.15, -0.1) is 0 Å². The van der Waals surface area contributed by atoms with Crippen LogP contribution in [0.5, 0.6) is 5.75 Å². The molecule has 7 heteroatoms. The lowest BCUT2D eigenvalue weighted by Gasteiger charge is -2.12. The third kappa shape index (κ3) is 3.25. The fourth-order valence-corrected chi connectivity index (χ4v) is 1.80. The highest BCUT2D eigenvalue weighted by Crippen LogP contribution is 2.15. The van der Waals surface area contributed by atoms with Gasteiger partial charge in [0.1, 0.15) is 6.61 Å². The molecule has 0 amide bonds. The van der Waals surface area contributed by atoms with Gasteiger partial charge in [-0.2, -0.15) is 0 Å². The molecule has 0 aliphatic carbocycles. The Balaban J connectivity index is 2.37. The third-order valence-corrected chi connectivity index (χ3v) is 2.98. The average Bonchev–Trinajstić information content (AvgIpc) is 2.52. The van der Waals surface area contributed by atoms with E-state index in [2.05, 4.69) is 4.98 Å². The predicted octanol–water partition coefficient (Wildman–Crippen LogP) is 1.12. The Morgan fingerprint density at radius 3 is 2.64 bits per heavy atom. The Labute approximate surface area is 127 Å². The first-order valence-electron chi connectivity index (χ1n) is 6.75. The lowest BCUT2D eigenvalue weighted by atomic mass is 10.2. The molecule has 0 bridgehead atoms. The summed E-state index contributed by atoms with van der Waals surface area (Å²) < 4.78 is 11.5. The normalized spacial score (nSPS) is 10.3. The van der Waals surface area contributed by atoms with Gasteiger partial charge < -0.3 is 15.2 Å². The number of anilines is 1. The summed E-state index contributed by atoms with van der Waals surface area (Å²) in [5, 5.41) is 0. The molecular formula is C15H17N3O4. The van der Waals surface area contributed by atoms with Gasteiger partial charge in [0.25, 0.3) is 5.56 Å². The van der Waals surface area contributed by atoms with Gasteiger partial charge in [-0.1, -0.05) is 30.3 Å². The Morgan fingerprint density at radius 1 is 1.32 bits per heavy atom. The van der Waals surface area contributed by atoms with Crippen LogP contribution in [0.1, 0.15) is 23.0 Å². The highest BCUT2D eigenvalue weighted by atomic mass is 16.5. The molecule has 7 nitrogen and oxygen atoms in total. The first kappa shape index (κ1) is 15.6. The molecule has 22 heavy (non-hydrogen) atoms. The topological polar surface area (TPSA) is 96.4 Å². The van der Waals surface area contributed by atoms with Gasteiger partial charge in [-0.25, -0.2) is 9.78 Å². The number of nitrogen functional groups attached to an aromatic ring is 1. The molecule has 116 valence electrons. The molecule has 2 N–H and O–H groups in total. The number of hydrogen-bond acceptors (Lipinski definition) is 6. The largest absolute Gasteiger partial charge is 0.481 e. The van der Waals surface area contributed by atoms with Crippen LogP contribution in [0.3, 0.4) is 0 Å². The molecule has 0 aliphatic heterocycles. The van der Waals surface area contributed by atoms with Crippen molar-refractivity contribution in [3.63, 3.8) is 0 Å². The fourth-order valence-electron chi connectivity index (χ4n) is 1.80. The van der Waals surface area contributed by atoms with Gasteiger partial charge in [0, 0.05) is 7.05 Å². The number of nitrogens with zero attached hydrogens (tertiary/aromatic N) is 2. The quantitative estimate of drug-likeness (QED) is 0.831. The van der Waals surface area contributed by atoms with Crippen molar-refractivity contribution in [2.75, 3.05) is 12.3 Å². The van der Waals surface area contributed by atoms with Crippen molar-refractivity contribution >= 4 is 11.9 Å².